The van der Waals surface area contributed by atoms with Crippen molar-refractivity contribution in [3.63, 3.8) is 0 Å². The fourth-order valence-electron chi connectivity index (χ4n) is 1.81. The Morgan fingerprint density at radius 2 is 2.07 bits per heavy atom. The van der Waals surface area contributed by atoms with E-state index in [0.29, 0.717) is 13.0 Å². The first-order chi connectivity index (χ1) is 7.24. The maximum Gasteiger partial charge on any atom is 0.409 e. The van der Waals surface area contributed by atoms with E-state index in [1.165, 1.54) is 11.3 Å². The fourth-order valence-corrected chi connectivity index (χ4v) is 1.81. The predicted octanol–water partition coefficient (Wildman–Crippen LogP) is 1.77. The van der Waals surface area contributed by atoms with Crippen molar-refractivity contribution in [3.05, 3.63) is 0 Å². The van der Waals surface area contributed by atoms with E-state index in [2.05, 4.69) is 0 Å². The van der Waals surface area contributed by atoms with Gasteiger partial charge in [-0.1, -0.05) is 6.42 Å². The standard InChI is InChI=1S/C11H21NO3/c1-12(8-5-9-13)11(14)15-10-6-3-2-4-7-10/h10,13H,2-9H2,1H3. The fraction of sp³-hybridized carbons (Fsp3) is 0.909. The number of aliphatic hydroxyl groups excluding tert-OH is 1. The largest absolute Gasteiger partial charge is 0.446 e. The van der Waals surface area contributed by atoms with Gasteiger partial charge >= 0.3 is 6.09 Å². The van der Waals surface area contributed by atoms with E-state index in [4.69, 9.17) is 9.84 Å². The average molecular weight is 215 g/mol. The van der Waals surface area contributed by atoms with Crippen LogP contribution >= 0.6 is 0 Å². The third-order valence-electron chi connectivity index (χ3n) is 2.78. The highest BCUT2D eigenvalue weighted by Gasteiger charge is 2.19. The first kappa shape index (κ1) is 12.3. The summed E-state index contributed by atoms with van der Waals surface area (Å²) in [6.45, 7) is 0.670. The minimum atomic E-state index is -0.254. The van der Waals surface area contributed by atoms with Crippen LogP contribution in [0.15, 0.2) is 0 Å². The molecule has 0 aromatic carbocycles. The van der Waals surface area contributed by atoms with Gasteiger partial charge in [0.15, 0.2) is 0 Å². The molecular formula is C11H21NO3. The molecule has 0 bridgehead atoms. The SMILES string of the molecule is CN(CCCO)C(=O)OC1CCCCC1. The zero-order valence-electron chi connectivity index (χ0n) is 9.45. The van der Waals surface area contributed by atoms with Crippen LogP contribution in [0, 0.1) is 0 Å². The summed E-state index contributed by atoms with van der Waals surface area (Å²) in [4.78, 5) is 13.1. The Balaban J connectivity index is 2.20. The second kappa shape index (κ2) is 6.67. The van der Waals surface area contributed by atoms with Crippen molar-refractivity contribution in [2.75, 3.05) is 20.2 Å². The lowest BCUT2D eigenvalue weighted by molar-refractivity contribution is 0.0502. The Labute approximate surface area is 91.2 Å². The van der Waals surface area contributed by atoms with E-state index in [0.717, 1.165) is 25.7 Å². The summed E-state index contributed by atoms with van der Waals surface area (Å²) in [6.07, 6.45) is 6.05. The molecule has 1 N–H and O–H groups in total. The molecule has 88 valence electrons. The summed E-state index contributed by atoms with van der Waals surface area (Å²) in [5.74, 6) is 0. The Kier molecular flexibility index (Phi) is 5.47. The third-order valence-corrected chi connectivity index (χ3v) is 2.78. The van der Waals surface area contributed by atoms with Gasteiger partial charge in [-0.2, -0.15) is 0 Å². The van der Waals surface area contributed by atoms with Crippen LogP contribution in [0.25, 0.3) is 0 Å². The molecule has 4 nitrogen and oxygen atoms in total. The Morgan fingerprint density at radius 3 is 2.67 bits per heavy atom. The van der Waals surface area contributed by atoms with Crippen LogP contribution in [0.3, 0.4) is 0 Å². The van der Waals surface area contributed by atoms with Gasteiger partial charge in [0.05, 0.1) is 0 Å². The van der Waals surface area contributed by atoms with Crippen LogP contribution in [-0.4, -0.2) is 42.4 Å². The highest BCUT2D eigenvalue weighted by molar-refractivity contribution is 5.67. The molecular weight excluding hydrogens is 194 g/mol. The summed E-state index contributed by atoms with van der Waals surface area (Å²) in [5.41, 5.74) is 0. The molecule has 15 heavy (non-hydrogen) atoms. The molecule has 0 aromatic rings. The Bertz CT molecular complexity index is 190. The molecule has 1 saturated carbocycles. The highest BCUT2D eigenvalue weighted by Crippen LogP contribution is 2.20. The topological polar surface area (TPSA) is 49.8 Å². The number of carbonyl (C=O) groups excluding carboxylic acids is 1. The van der Waals surface area contributed by atoms with Gasteiger partial charge < -0.3 is 14.7 Å². The molecule has 0 aliphatic heterocycles. The van der Waals surface area contributed by atoms with Gasteiger partial charge in [0.2, 0.25) is 0 Å². The van der Waals surface area contributed by atoms with E-state index >= 15 is 0 Å². The van der Waals surface area contributed by atoms with E-state index in [9.17, 15) is 4.79 Å². The van der Waals surface area contributed by atoms with Crippen LogP contribution < -0.4 is 0 Å². The van der Waals surface area contributed by atoms with E-state index in [-0.39, 0.29) is 18.8 Å². The lowest BCUT2D eigenvalue weighted by Gasteiger charge is -2.25. The minimum absolute atomic E-state index is 0.112. The number of aliphatic hydroxyl groups is 1. The average Bonchev–Trinajstić information content (AvgIpc) is 2.27. The molecule has 0 radical (unpaired) electrons. The van der Waals surface area contributed by atoms with Crippen LogP contribution in [0.2, 0.25) is 0 Å². The summed E-state index contributed by atoms with van der Waals surface area (Å²) in [7, 11) is 1.71. The summed E-state index contributed by atoms with van der Waals surface area (Å²) in [5, 5.41) is 8.64. The van der Waals surface area contributed by atoms with Crippen molar-refractivity contribution < 1.29 is 14.6 Å². The van der Waals surface area contributed by atoms with Crippen molar-refractivity contribution in [2.24, 2.45) is 0 Å². The zero-order valence-corrected chi connectivity index (χ0v) is 9.45. The van der Waals surface area contributed by atoms with Gasteiger partial charge in [-0.15, -0.1) is 0 Å². The molecule has 1 aliphatic carbocycles. The monoisotopic (exact) mass is 215 g/mol. The summed E-state index contributed by atoms with van der Waals surface area (Å²) >= 11 is 0. The van der Waals surface area contributed by atoms with Crippen molar-refractivity contribution in [1.29, 1.82) is 0 Å². The highest BCUT2D eigenvalue weighted by atomic mass is 16.6. The van der Waals surface area contributed by atoms with E-state index in [1.807, 2.05) is 0 Å². The number of hydrogen-bond acceptors (Lipinski definition) is 3. The third kappa shape index (κ3) is 4.51. The van der Waals surface area contributed by atoms with Crippen molar-refractivity contribution in [1.82, 2.24) is 4.90 Å². The molecule has 0 aromatic heterocycles. The number of hydrogen-bond donors (Lipinski definition) is 1. The van der Waals surface area contributed by atoms with Crippen LogP contribution in [0.1, 0.15) is 38.5 Å². The van der Waals surface area contributed by atoms with E-state index in [1.54, 1.807) is 7.05 Å². The predicted molar refractivity (Wildman–Crippen MR) is 57.7 cm³/mol. The van der Waals surface area contributed by atoms with Crippen molar-refractivity contribution >= 4 is 6.09 Å². The maximum absolute atomic E-state index is 11.5. The number of ether oxygens (including phenoxy) is 1. The minimum Gasteiger partial charge on any atom is -0.446 e. The van der Waals surface area contributed by atoms with Crippen LogP contribution in [0.4, 0.5) is 4.79 Å². The van der Waals surface area contributed by atoms with Gasteiger partial charge in [-0.25, -0.2) is 4.79 Å². The molecule has 1 amide bonds. The first-order valence-corrected chi connectivity index (χ1v) is 5.76. The first-order valence-electron chi connectivity index (χ1n) is 5.76. The quantitative estimate of drug-likeness (QED) is 0.777. The number of carbonyl (C=O) groups is 1. The maximum atomic E-state index is 11.5. The normalized spacial score (nSPS) is 17.5. The second-order valence-corrected chi connectivity index (χ2v) is 4.14. The number of rotatable bonds is 4. The Hall–Kier alpha value is -0.770. The van der Waals surface area contributed by atoms with Gasteiger partial charge in [0.1, 0.15) is 6.10 Å². The summed E-state index contributed by atoms with van der Waals surface area (Å²) < 4.78 is 5.36. The van der Waals surface area contributed by atoms with Crippen LogP contribution in [-0.2, 0) is 4.74 Å². The lowest BCUT2D eigenvalue weighted by Crippen LogP contribution is -2.33. The molecule has 1 rings (SSSR count). The molecule has 1 fully saturated rings. The molecule has 1 aliphatic rings. The number of nitrogens with zero attached hydrogens (tertiary/aromatic N) is 1. The Morgan fingerprint density at radius 1 is 1.40 bits per heavy atom. The van der Waals surface area contributed by atoms with Gasteiger partial charge in [-0.05, 0) is 32.1 Å². The smallest absolute Gasteiger partial charge is 0.409 e. The molecule has 0 saturated heterocycles. The second-order valence-electron chi connectivity index (χ2n) is 4.14. The van der Waals surface area contributed by atoms with Crippen molar-refractivity contribution in [2.45, 2.75) is 44.6 Å². The van der Waals surface area contributed by atoms with Gasteiger partial charge in [0.25, 0.3) is 0 Å². The number of amides is 1. The molecule has 4 heteroatoms. The lowest BCUT2D eigenvalue weighted by atomic mass is 9.98. The van der Waals surface area contributed by atoms with E-state index < -0.39 is 0 Å². The van der Waals surface area contributed by atoms with Gasteiger partial charge in [-0.3, -0.25) is 0 Å². The molecule has 0 atom stereocenters. The molecule has 0 spiro atoms. The molecule has 0 heterocycles. The van der Waals surface area contributed by atoms with Gasteiger partial charge in [0, 0.05) is 20.2 Å². The van der Waals surface area contributed by atoms with Crippen molar-refractivity contribution in [3.8, 4) is 0 Å². The van der Waals surface area contributed by atoms with Crippen LogP contribution in [0.5, 0.6) is 0 Å². The summed E-state index contributed by atoms with van der Waals surface area (Å²) in [6, 6.07) is 0. The zero-order chi connectivity index (χ0) is 11.1. The molecule has 0 unspecified atom stereocenters.